The van der Waals surface area contributed by atoms with Crippen molar-refractivity contribution < 1.29 is 14.2 Å². The van der Waals surface area contributed by atoms with Crippen molar-refractivity contribution in [2.45, 2.75) is 6.42 Å². The van der Waals surface area contributed by atoms with E-state index in [1.54, 1.807) is 7.11 Å². The van der Waals surface area contributed by atoms with Gasteiger partial charge in [0.1, 0.15) is 19.0 Å². The van der Waals surface area contributed by atoms with Gasteiger partial charge in [0, 0.05) is 44.4 Å². The molecule has 2 aliphatic heterocycles. The molecule has 0 atom stereocenters. The van der Waals surface area contributed by atoms with E-state index in [1.165, 1.54) is 0 Å². The van der Waals surface area contributed by atoms with E-state index in [0.717, 1.165) is 66.4 Å². The summed E-state index contributed by atoms with van der Waals surface area (Å²) in [5.41, 5.74) is 1.10. The van der Waals surface area contributed by atoms with Crippen LogP contribution in [0, 0.1) is 0 Å². The van der Waals surface area contributed by atoms with Gasteiger partial charge in [-0.05, 0) is 22.4 Å². The molecule has 0 aliphatic carbocycles. The van der Waals surface area contributed by atoms with Crippen LogP contribution in [0.15, 0.2) is 10.5 Å². The Balaban J connectivity index is 1.82. The molecule has 2 aliphatic rings. The molecular weight excluding hydrogens is 336 g/mol. The molecule has 0 amide bonds. The Bertz CT molecular complexity index is 504. The summed E-state index contributed by atoms with van der Waals surface area (Å²) in [7, 11) is 1.70. The molecule has 21 heavy (non-hydrogen) atoms. The number of benzene rings is 1. The van der Waals surface area contributed by atoms with Gasteiger partial charge in [-0.25, -0.2) is 0 Å². The number of nitrogens with one attached hydrogen (secondary N) is 1. The first-order valence-electron chi connectivity index (χ1n) is 7.37. The number of fused-ring (bicyclic) bond motifs is 1. The second kappa shape index (κ2) is 6.85. The van der Waals surface area contributed by atoms with E-state index in [9.17, 15) is 0 Å². The highest BCUT2D eigenvalue weighted by atomic mass is 79.9. The van der Waals surface area contributed by atoms with Crippen LogP contribution in [-0.4, -0.2) is 57.9 Å². The van der Waals surface area contributed by atoms with Gasteiger partial charge in [0.05, 0.1) is 11.6 Å². The molecule has 0 aromatic heterocycles. The van der Waals surface area contributed by atoms with Gasteiger partial charge in [0.25, 0.3) is 0 Å². The smallest absolute Gasteiger partial charge is 0.168 e. The van der Waals surface area contributed by atoms with E-state index in [0.29, 0.717) is 13.2 Å². The predicted octanol–water partition coefficient (Wildman–Crippen LogP) is 1.68. The van der Waals surface area contributed by atoms with Crippen molar-refractivity contribution >= 4 is 15.9 Å². The highest BCUT2D eigenvalue weighted by Gasteiger charge is 2.23. The zero-order chi connectivity index (χ0) is 14.7. The van der Waals surface area contributed by atoms with Crippen molar-refractivity contribution in [3.8, 4) is 17.2 Å². The van der Waals surface area contributed by atoms with E-state index in [1.807, 2.05) is 6.07 Å². The van der Waals surface area contributed by atoms with Gasteiger partial charge >= 0.3 is 0 Å². The molecule has 0 radical (unpaired) electrons. The van der Waals surface area contributed by atoms with Gasteiger partial charge < -0.3 is 24.4 Å². The SMILES string of the molecule is COc1c(Br)cc2c(c1CCN1CCNCC1)OCCO2. The molecule has 1 aromatic carbocycles. The van der Waals surface area contributed by atoms with Crippen LogP contribution in [0.1, 0.15) is 5.56 Å². The molecule has 1 N–H and O–H groups in total. The Morgan fingerprint density at radius 1 is 1.29 bits per heavy atom. The van der Waals surface area contributed by atoms with Crippen LogP contribution >= 0.6 is 15.9 Å². The summed E-state index contributed by atoms with van der Waals surface area (Å²) in [6.45, 7) is 6.51. The first-order chi connectivity index (χ1) is 10.3. The molecule has 0 unspecified atom stereocenters. The second-order valence-electron chi connectivity index (χ2n) is 5.24. The molecule has 116 valence electrons. The average molecular weight is 357 g/mol. The van der Waals surface area contributed by atoms with E-state index >= 15 is 0 Å². The number of rotatable bonds is 4. The van der Waals surface area contributed by atoms with Gasteiger partial charge in [-0.2, -0.15) is 0 Å². The average Bonchev–Trinajstić information content (AvgIpc) is 2.53. The van der Waals surface area contributed by atoms with Crippen molar-refractivity contribution in [2.75, 3.05) is 53.0 Å². The largest absolute Gasteiger partial charge is 0.495 e. The standard InChI is InChI=1S/C15H21BrN2O3/c1-19-14-11(2-5-18-6-3-17-4-7-18)15-13(10-12(14)16)20-8-9-21-15/h10,17H,2-9H2,1H3. The Morgan fingerprint density at radius 3 is 2.81 bits per heavy atom. The van der Waals surface area contributed by atoms with Crippen LogP contribution in [0.25, 0.3) is 0 Å². The summed E-state index contributed by atoms with van der Waals surface area (Å²) < 4.78 is 18.0. The van der Waals surface area contributed by atoms with E-state index in [4.69, 9.17) is 14.2 Å². The maximum Gasteiger partial charge on any atom is 0.168 e. The summed E-state index contributed by atoms with van der Waals surface area (Å²) in [5.74, 6) is 2.51. The van der Waals surface area contributed by atoms with Crippen molar-refractivity contribution in [1.82, 2.24) is 10.2 Å². The summed E-state index contributed by atoms with van der Waals surface area (Å²) in [6, 6.07) is 1.93. The minimum absolute atomic E-state index is 0.596. The lowest BCUT2D eigenvalue weighted by atomic mass is 10.1. The van der Waals surface area contributed by atoms with Gasteiger partial charge in [-0.3, -0.25) is 0 Å². The Morgan fingerprint density at radius 2 is 2.05 bits per heavy atom. The van der Waals surface area contributed by atoms with Crippen molar-refractivity contribution in [2.24, 2.45) is 0 Å². The van der Waals surface area contributed by atoms with Crippen molar-refractivity contribution in [1.29, 1.82) is 0 Å². The minimum Gasteiger partial charge on any atom is -0.495 e. The predicted molar refractivity (Wildman–Crippen MR) is 84.7 cm³/mol. The summed E-state index contributed by atoms with van der Waals surface area (Å²) in [6.07, 6.45) is 0.897. The van der Waals surface area contributed by atoms with Gasteiger partial charge in [0.2, 0.25) is 0 Å². The lowest BCUT2D eigenvalue weighted by Gasteiger charge is -2.28. The molecule has 6 heteroatoms. The number of ether oxygens (including phenoxy) is 3. The van der Waals surface area contributed by atoms with Crippen LogP contribution in [0.3, 0.4) is 0 Å². The third-order valence-corrected chi connectivity index (χ3v) is 4.51. The molecule has 1 aromatic rings. The lowest BCUT2D eigenvalue weighted by Crippen LogP contribution is -2.44. The van der Waals surface area contributed by atoms with Crippen molar-refractivity contribution in [3.05, 3.63) is 16.1 Å². The monoisotopic (exact) mass is 356 g/mol. The van der Waals surface area contributed by atoms with Crippen LogP contribution in [0.4, 0.5) is 0 Å². The van der Waals surface area contributed by atoms with Crippen LogP contribution in [-0.2, 0) is 6.42 Å². The van der Waals surface area contributed by atoms with Gasteiger partial charge in [0.15, 0.2) is 11.5 Å². The Kier molecular flexibility index (Phi) is 4.87. The number of halogens is 1. The first-order valence-corrected chi connectivity index (χ1v) is 8.17. The third-order valence-electron chi connectivity index (χ3n) is 3.93. The zero-order valence-electron chi connectivity index (χ0n) is 12.3. The fraction of sp³-hybridized carbons (Fsp3) is 0.600. The second-order valence-corrected chi connectivity index (χ2v) is 6.09. The molecule has 1 saturated heterocycles. The number of nitrogens with zero attached hydrogens (tertiary/aromatic N) is 1. The highest BCUT2D eigenvalue weighted by molar-refractivity contribution is 9.10. The Labute approximate surface area is 133 Å². The molecule has 0 saturated carbocycles. The van der Waals surface area contributed by atoms with Gasteiger partial charge in [-0.15, -0.1) is 0 Å². The summed E-state index contributed by atoms with van der Waals surface area (Å²) >= 11 is 3.57. The molecule has 5 nitrogen and oxygen atoms in total. The summed E-state index contributed by atoms with van der Waals surface area (Å²) in [4.78, 5) is 2.47. The molecule has 2 heterocycles. The van der Waals surface area contributed by atoms with Crippen molar-refractivity contribution in [3.63, 3.8) is 0 Å². The molecule has 1 fully saturated rings. The summed E-state index contributed by atoms with van der Waals surface area (Å²) in [5, 5.41) is 3.38. The van der Waals surface area contributed by atoms with Crippen LogP contribution in [0.5, 0.6) is 17.2 Å². The third kappa shape index (κ3) is 3.27. The maximum atomic E-state index is 5.84. The maximum absolute atomic E-state index is 5.84. The lowest BCUT2D eigenvalue weighted by molar-refractivity contribution is 0.167. The minimum atomic E-state index is 0.596. The number of hydrogen-bond donors (Lipinski definition) is 1. The first kappa shape index (κ1) is 14.9. The molecule has 0 spiro atoms. The molecular formula is C15H21BrN2O3. The van der Waals surface area contributed by atoms with E-state index < -0.39 is 0 Å². The molecule has 0 bridgehead atoms. The quantitative estimate of drug-likeness (QED) is 0.888. The number of methoxy groups -OCH3 is 1. The van der Waals surface area contributed by atoms with E-state index in [2.05, 4.69) is 26.1 Å². The normalized spacial score (nSPS) is 18.6. The van der Waals surface area contributed by atoms with E-state index in [-0.39, 0.29) is 0 Å². The highest BCUT2D eigenvalue weighted by Crippen LogP contribution is 2.44. The Hall–Kier alpha value is -0.980. The topological polar surface area (TPSA) is 43.0 Å². The fourth-order valence-corrected chi connectivity index (χ4v) is 3.46. The number of piperazine rings is 1. The van der Waals surface area contributed by atoms with Crippen LogP contribution < -0.4 is 19.5 Å². The number of hydrogen-bond acceptors (Lipinski definition) is 5. The zero-order valence-corrected chi connectivity index (χ0v) is 13.9. The fourth-order valence-electron chi connectivity index (χ4n) is 2.86. The van der Waals surface area contributed by atoms with Gasteiger partial charge in [-0.1, -0.05) is 0 Å². The molecule has 3 rings (SSSR count). The van der Waals surface area contributed by atoms with Crippen LogP contribution in [0.2, 0.25) is 0 Å².